The van der Waals surface area contributed by atoms with Crippen molar-refractivity contribution in [1.82, 2.24) is 4.98 Å². The largest absolute Gasteiger partial charge is 0.462 e. The summed E-state index contributed by atoms with van der Waals surface area (Å²) in [6.07, 6.45) is 5.78. The number of nitrogens with two attached hydrogens (primary N) is 1. The van der Waals surface area contributed by atoms with E-state index >= 15 is 0 Å². The molecule has 0 fully saturated rings. The molecule has 2 atom stereocenters. The van der Waals surface area contributed by atoms with Crippen molar-refractivity contribution in [2.45, 2.75) is 32.8 Å². The minimum atomic E-state index is -0.488. The zero-order valence-corrected chi connectivity index (χ0v) is 11.8. The number of carbonyl (C=O) groups excluding carboxylic acids is 2. The predicted molar refractivity (Wildman–Crippen MR) is 76.4 cm³/mol. The minimum Gasteiger partial charge on any atom is -0.462 e. The van der Waals surface area contributed by atoms with Crippen LogP contribution in [0.4, 0.5) is 0 Å². The molecule has 1 amide bonds. The van der Waals surface area contributed by atoms with E-state index in [2.05, 4.69) is 4.98 Å². The monoisotopic (exact) mass is 276 g/mol. The second-order valence-electron chi connectivity index (χ2n) is 4.69. The molecule has 0 aromatic carbocycles. The van der Waals surface area contributed by atoms with E-state index in [9.17, 15) is 9.59 Å². The Labute approximate surface area is 118 Å². The first-order valence-electron chi connectivity index (χ1n) is 6.52. The number of amides is 1. The van der Waals surface area contributed by atoms with Crippen LogP contribution in [0.25, 0.3) is 6.08 Å². The maximum Gasteiger partial charge on any atom is 0.302 e. The van der Waals surface area contributed by atoms with Gasteiger partial charge in [0.2, 0.25) is 5.91 Å². The van der Waals surface area contributed by atoms with E-state index in [-0.39, 0.29) is 12.3 Å². The summed E-state index contributed by atoms with van der Waals surface area (Å²) in [6, 6.07) is 5.66. The van der Waals surface area contributed by atoms with Crippen LogP contribution in [0.2, 0.25) is 0 Å². The zero-order chi connectivity index (χ0) is 15.0. The fourth-order valence-corrected chi connectivity index (χ4v) is 1.80. The van der Waals surface area contributed by atoms with E-state index in [4.69, 9.17) is 10.5 Å². The molecule has 0 aliphatic heterocycles. The topological polar surface area (TPSA) is 82.3 Å². The molecular formula is C15H20N2O3. The van der Waals surface area contributed by atoms with Crippen LogP contribution in [0.15, 0.2) is 30.5 Å². The van der Waals surface area contributed by atoms with Gasteiger partial charge in [-0.3, -0.25) is 14.6 Å². The average molecular weight is 276 g/mol. The third-order valence-electron chi connectivity index (χ3n) is 2.84. The highest BCUT2D eigenvalue weighted by Gasteiger charge is 2.21. The number of esters is 1. The highest BCUT2D eigenvalue weighted by molar-refractivity contribution is 5.75. The number of aromatic nitrogens is 1. The van der Waals surface area contributed by atoms with Crippen LogP contribution >= 0.6 is 0 Å². The van der Waals surface area contributed by atoms with Gasteiger partial charge in [-0.05, 0) is 30.5 Å². The lowest BCUT2D eigenvalue weighted by atomic mass is 9.97. The number of allylic oxidation sites excluding steroid dienone is 1. The van der Waals surface area contributed by atoms with Gasteiger partial charge in [-0.2, -0.15) is 0 Å². The molecule has 0 spiro atoms. The molecule has 108 valence electrons. The standard InChI is InChI=1S/C15H20N2O3/c1-11(14(10-15(16)19)20-12(2)18)6-5-8-13-7-3-4-9-17-13/h3-5,7-9,11,14H,6,10H2,1-2H3,(H2,16,19)/t11-,14+/m1/s1. The number of nitrogens with zero attached hydrogens (tertiary/aromatic N) is 1. The van der Waals surface area contributed by atoms with Gasteiger partial charge in [0.25, 0.3) is 0 Å². The Morgan fingerprint density at radius 2 is 2.20 bits per heavy atom. The number of carbonyl (C=O) groups is 2. The SMILES string of the molecule is CC(=O)O[C@@H](CC(N)=O)[C@H](C)CC=Cc1ccccn1. The van der Waals surface area contributed by atoms with Gasteiger partial charge in [0, 0.05) is 13.1 Å². The molecule has 1 heterocycles. The van der Waals surface area contributed by atoms with E-state index in [1.54, 1.807) is 6.20 Å². The van der Waals surface area contributed by atoms with Crippen molar-refractivity contribution in [2.75, 3.05) is 0 Å². The van der Waals surface area contributed by atoms with E-state index in [0.29, 0.717) is 6.42 Å². The Hall–Kier alpha value is -2.17. The molecule has 0 aliphatic rings. The first-order chi connectivity index (χ1) is 9.49. The molecule has 1 rings (SSSR count). The molecule has 2 N–H and O–H groups in total. The molecule has 0 saturated heterocycles. The molecule has 1 aromatic rings. The lowest BCUT2D eigenvalue weighted by molar-refractivity contribution is -0.150. The van der Waals surface area contributed by atoms with Crippen LogP contribution in [0.1, 0.15) is 32.4 Å². The highest BCUT2D eigenvalue weighted by atomic mass is 16.5. The Bertz CT molecular complexity index is 455. The normalized spacial score (nSPS) is 13.9. The summed E-state index contributed by atoms with van der Waals surface area (Å²) in [5, 5.41) is 0. The Kier molecular flexibility index (Phi) is 6.43. The third-order valence-corrected chi connectivity index (χ3v) is 2.84. The van der Waals surface area contributed by atoms with Gasteiger partial charge >= 0.3 is 5.97 Å². The molecule has 0 saturated carbocycles. The van der Waals surface area contributed by atoms with Crippen LogP contribution in [0, 0.1) is 5.92 Å². The fraction of sp³-hybridized carbons (Fsp3) is 0.400. The molecule has 0 aliphatic carbocycles. The minimum absolute atomic E-state index is 0.00589. The van der Waals surface area contributed by atoms with Crippen LogP contribution in [-0.4, -0.2) is 23.0 Å². The van der Waals surface area contributed by atoms with Crippen molar-refractivity contribution in [1.29, 1.82) is 0 Å². The lowest BCUT2D eigenvalue weighted by Crippen LogP contribution is -2.29. The van der Waals surface area contributed by atoms with Crippen molar-refractivity contribution in [3.63, 3.8) is 0 Å². The van der Waals surface area contributed by atoms with E-state index in [1.807, 2.05) is 37.3 Å². The van der Waals surface area contributed by atoms with Gasteiger partial charge in [-0.15, -0.1) is 0 Å². The molecule has 1 aromatic heterocycles. The van der Waals surface area contributed by atoms with Gasteiger partial charge in [-0.1, -0.05) is 19.1 Å². The third kappa shape index (κ3) is 6.13. The Morgan fingerprint density at radius 1 is 1.45 bits per heavy atom. The van der Waals surface area contributed by atoms with Crippen molar-refractivity contribution in [2.24, 2.45) is 11.7 Å². The average Bonchev–Trinajstić information content (AvgIpc) is 2.38. The van der Waals surface area contributed by atoms with Gasteiger partial charge < -0.3 is 10.5 Å². The summed E-state index contributed by atoms with van der Waals surface area (Å²) < 4.78 is 5.14. The van der Waals surface area contributed by atoms with Gasteiger partial charge in [0.1, 0.15) is 6.10 Å². The predicted octanol–water partition coefficient (Wildman–Crippen LogP) is 1.93. The zero-order valence-electron chi connectivity index (χ0n) is 11.8. The molecular weight excluding hydrogens is 256 g/mol. The summed E-state index contributed by atoms with van der Waals surface area (Å²) in [5.41, 5.74) is 6.03. The Balaban J connectivity index is 2.56. The summed E-state index contributed by atoms with van der Waals surface area (Å²) in [4.78, 5) is 26.2. The molecule has 0 unspecified atom stereocenters. The number of primary amides is 1. The maximum absolute atomic E-state index is 11.0. The Morgan fingerprint density at radius 3 is 2.75 bits per heavy atom. The van der Waals surface area contributed by atoms with Crippen molar-refractivity contribution < 1.29 is 14.3 Å². The van der Waals surface area contributed by atoms with Crippen LogP contribution in [0.5, 0.6) is 0 Å². The second-order valence-corrected chi connectivity index (χ2v) is 4.69. The van der Waals surface area contributed by atoms with Crippen molar-refractivity contribution >= 4 is 18.0 Å². The summed E-state index contributed by atoms with van der Waals surface area (Å²) in [5.74, 6) is -0.875. The number of hydrogen-bond acceptors (Lipinski definition) is 4. The maximum atomic E-state index is 11.0. The lowest BCUT2D eigenvalue weighted by Gasteiger charge is -2.21. The summed E-state index contributed by atoms with van der Waals surface area (Å²) >= 11 is 0. The molecule has 5 nitrogen and oxygen atoms in total. The highest BCUT2D eigenvalue weighted by Crippen LogP contribution is 2.17. The van der Waals surface area contributed by atoms with Gasteiger partial charge in [0.15, 0.2) is 0 Å². The number of hydrogen-bond donors (Lipinski definition) is 1. The quantitative estimate of drug-likeness (QED) is 0.771. The molecule has 5 heteroatoms. The second kappa shape index (κ2) is 8.09. The summed E-state index contributed by atoms with van der Waals surface area (Å²) in [7, 11) is 0. The van der Waals surface area contributed by atoms with Crippen molar-refractivity contribution in [3.05, 3.63) is 36.2 Å². The van der Waals surface area contributed by atoms with Gasteiger partial charge in [0.05, 0.1) is 12.1 Å². The van der Waals surface area contributed by atoms with Crippen LogP contribution in [0.3, 0.4) is 0 Å². The smallest absolute Gasteiger partial charge is 0.302 e. The number of rotatable bonds is 7. The molecule has 0 bridgehead atoms. The molecule has 20 heavy (non-hydrogen) atoms. The number of ether oxygens (including phenoxy) is 1. The number of pyridine rings is 1. The first kappa shape index (κ1) is 15.9. The van der Waals surface area contributed by atoms with Crippen LogP contribution in [-0.2, 0) is 14.3 Å². The van der Waals surface area contributed by atoms with Crippen molar-refractivity contribution in [3.8, 4) is 0 Å². The van der Waals surface area contributed by atoms with Gasteiger partial charge in [-0.25, -0.2) is 0 Å². The van der Waals surface area contributed by atoms with E-state index in [1.165, 1.54) is 6.92 Å². The molecule has 0 radical (unpaired) electrons. The van der Waals surface area contributed by atoms with E-state index in [0.717, 1.165) is 5.69 Å². The summed E-state index contributed by atoms with van der Waals surface area (Å²) in [6.45, 7) is 3.24. The first-order valence-corrected chi connectivity index (χ1v) is 6.52. The fourth-order valence-electron chi connectivity index (χ4n) is 1.80. The van der Waals surface area contributed by atoms with E-state index < -0.39 is 18.0 Å². The van der Waals surface area contributed by atoms with Crippen LogP contribution < -0.4 is 5.73 Å².